The Balaban J connectivity index is 2.09. The van der Waals surface area contributed by atoms with Crippen LogP contribution in [0.15, 0.2) is 30.6 Å². The molecular weight excluding hydrogens is 208 g/mol. The number of anilines is 2. The number of rotatable bonds is 3. The third-order valence-corrected chi connectivity index (χ3v) is 2.83. The Kier molecular flexibility index (Phi) is 2.82. The molecule has 2 N–H and O–H groups in total. The van der Waals surface area contributed by atoms with Gasteiger partial charge in [0.2, 0.25) is 5.13 Å². The highest BCUT2D eigenvalue weighted by Crippen LogP contribution is 2.16. The van der Waals surface area contributed by atoms with Crippen molar-refractivity contribution < 1.29 is 0 Å². The molecule has 0 unspecified atom stereocenters. The van der Waals surface area contributed by atoms with Crippen LogP contribution in [-0.2, 0) is 6.54 Å². The molecule has 0 aliphatic rings. The van der Waals surface area contributed by atoms with Crippen LogP contribution in [0.4, 0.5) is 10.8 Å². The van der Waals surface area contributed by atoms with E-state index in [2.05, 4.69) is 9.36 Å². The normalized spacial score (nSPS) is 10.2. The van der Waals surface area contributed by atoms with E-state index in [0.29, 0.717) is 0 Å². The van der Waals surface area contributed by atoms with E-state index in [1.54, 1.807) is 6.33 Å². The number of nitrogen functional groups attached to an aromatic ring is 1. The summed E-state index contributed by atoms with van der Waals surface area (Å²) >= 11 is 1.39. The lowest BCUT2D eigenvalue weighted by Crippen LogP contribution is -2.15. The smallest absolute Gasteiger partial charge is 0.204 e. The zero-order chi connectivity index (χ0) is 10.7. The van der Waals surface area contributed by atoms with Gasteiger partial charge in [-0.2, -0.15) is 4.37 Å². The Labute approximate surface area is 92.5 Å². The van der Waals surface area contributed by atoms with E-state index >= 15 is 0 Å². The van der Waals surface area contributed by atoms with Gasteiger partial charge < -0.3 is 10.6 Å². The molecule has 5 heteroatoms. The second-order valence-corrected chi connectivity index (χ2v) is 4.08. The van der Waals surface area contributed by atoms with E-state index in [1.165, 1.54) is 17.1 Å². The highest BCUT2D eigenvalue weighted by Gasteiger charge is 2.04. The molecule has 0 bridgehead atoms. The van der Waals surface area contributed by atoms with E-state index in [0.717, 1.165) is 17.4 Å². The van der Waals surface area contributed by atoms with Crippen molar-refractivity contribution in [3.8, 4) is 0 Å². The van der Waals surface area contributed by atoms with Gasteiger partial charge in [-0.05, 0) is 17.7 Å². The highest BCUT2D eigenvalue weighted by molar-refractivity contribution is 7.09. The Bertz CT molecular complexity index is 427. The lowest BCUT2D eigenvalue weighted by atomic mass is 10.2. The predicted molar refractivity (Wildman–Crippen MR) is 62.9 cm³/mol. The van der Waals surface area contributed by atoms with E-state index in [-0.39, 0.29) is 0 Å². The van der Waals surface area contributed by atoms with E-state index in [4.69, 9.17) is 5.73 Å². The maximum atomic E-state index is 5.71. The van der Waals surface area contributed by atoms with Gasteiger partial charge >= 0.3 is 0 Å². The van der Waals surface area contributed by atoms with Crippen LogP contribution in [0.3, 0.4) is 0 Å². The van der Waals surface area contributed by atoms with E-state index < -0.39 is 0 Å². The quantitative estimate of drug-likeness (QED) is 0.801. The van der Waals surface area contributed by atoms with Gasteiger partial charge in [-0.25, -0.2) is 4.98 Å². The van der Waals surface area contributed by atoms with E-state index in [1.807, 2.05) is 36.2 Å². The molecule has 0 spiro atoms. The number of nitrogens with two attached hydrogens (primary N) is 1. The van der Waals surface area contributed by atoms with Crippen molar-refractivity contribution in [1.82, 2.24) is 9.36 Å². The zero-order valence-electron chi connectivity index (χ0n) is 8.42. The summed E-state index contributed by atoms with van der Waals surface area (Å²) in [7, 11) is 1.99. The van der Waals surface area contributed by atoms with Crippen LogP contribution in [0.2, 0.25) is 0 Å². The van der Waals surface area contributed by atoms with Crippen LogP contribution in [0.25, 0.3) is 0 Å². The van der Waals surface area contributed by atoms with Crippen LogP contribution in [0.5, 0.6) is 0 Å². The molecule has 0 aliphatic carbocycles. The Morgan fingerprint density at radius 1 is 1.47 bits per heavy atom. The number of aromatic nitrogens is 2. The fourth-order valence-electron chi connectivity index (χ4n) is 1.37. The number of hydrogen-bond acceptors (Lipinski definition) is 5. The molecule has 78 valence electrons. The summed E-state index contributed by atoms with van der Waals surface area (Å²) in [6.45, 7) is 0.792. The molecule has 1 aromatic heterocycles. The van der Waals surface area contributed by atoms with Gasteiger partial charge in [-0.15, -0.1) is 0 Å². The molecule has 0 fully saturated rings. The first-order chi connectivity index (χ1) is 7.25. The first-order valence-corrected chi connectivity index (χ1v) is 5.35. The van der Waals surface area contributed by atoms with Crippen LogP contribution >= 0.6 is 11.5 Å². The van der Waals surface area contributed by atoms with Gasteiger partial charge in [0.1, 0.15) is 6.33 Å². The van der Waals surface area contributed by atoms with Crippen molar-refractivity contribution in [2.45, 2.75) is 6.54 Å². The fourth-order valence-corrected chi connectivity index (χ4v) is 1.86. The van der Waals surface area contributed by atoms with Gasteiger partial charge in [-0.1, -0.05) is 12.1 Å². The summed E-state index contributed by atoms with van der Waals surface area (Å²) in [6.07, 6.45) is 1.57. The van der Waals surface area contributed by atoms with Crippen LogP contribution in [0, 0.1) is 0 Å². The standard InChI is InChI=1S/C10H12N4S/c1-14(10-12-7-13-15-10)6-8-3-2-4-9(11)5-8/h2-5,7H,6,11H2,1H3. The second-order valence-electron chi connectivity index (χ2n) is 3.32. The maximum Gasteiger partial charge on any atom is 0.204 e. The van der Waals surface area contributed by atoms with Gasteiger partial charge in [0, 0.05) is 30.8 Å². The summed E-state index contributed by atoms with van der Waals surface area (Å²) in [5, 5.41) is 0.914. The molecule has 0 saturated heterocycles. The number of nitrogens with zero attached hydrogens (tertiary/aromatic N) is 3. The molecular formula is C10H12N4S. The Morgan fingerprint density at radius 3 is 3.00 bits per heavy atom. The second kappa shape index (κ2) is 4.27. The average molecular weight is 220 g/mol. The van der Waals surface area contributed by atoms with Crippen molar-refractivity contribution in [2.24, 2.45) is 0 Å². The molecule has 2 rings (SSSR count). The molecule has 0 aliphatic heterocycles. The zero-order valence-corrected chi connectivity index (χ0v) is 9.24. The molecule has 0 atom stereocenters. The minimum Gasteiger partial charge on any atom is -0.399 e. The molecule has 2 aromatic rings. The minimum atomic E-state index is 0.790. The lowest BCUT2D eigenvalue weighted by Gasteiger charge is -2.15. The van der Waals surface area contributed by atoms with Crippen molar-refractivity contribution >= 4 is 22.4 Å². The number of hydrogen-bond donors (Lipinski definition) is 1. The monoisotopic (exact) mass is 220 g/mol. The lowest BCUT2D eigenvalue weighted by molar-refractivity contribution is 0.915. The fraction of sp³-hybridized carbons (Fsp3) is 0.200. The summed E-state index contributed by atoms with van der Waals surface area (Å²) in [5.41, 5.74) is 7.67. The SMILES string of the molecule is CN(Cc1cccc(N)c1)c1ncns1. The average Bonchev–Trinajstić information content (AvgIpc) is 2.70. The third kappa shape index (κ3) is 2.44. The van der Waals surface area contributed by atoms with Crippen LogP contribution in [-0.4, -0.2) is 16.4 Å². The van der Waals surface area contributed by atoms with Crippen molar-refractivity contribution in [1.29, 1.82) is 0 Å². The predicted octanol–water partition coefficient (Wildman–Crippen LogP) is 1.76. The van der Waals surface area contributed by atoms with Gasteiger partial charge in [-0.3, -0.25) is 0 Å². The molecule has 0 amide bonds. The minimum absolute atomic E-state index is 0.790. The van der Waals surface area contributed by atoms with Gasteiger partial charge in [0.05, 0.1) is 0 Å². The summed E-state index contributed by atoms with van der Waals surface area (Å²) in [5.74, 6) is 0. The Hall–Kier alpha value is -1.62. The van der Waals surface area contributed by atoms with Crippen molar-refractivity contribution in [2.75, 3.05) is 17.7 Å². The molecule has 15 heavy (non-hydrogen) atoms. The Morgan fingerprint density at radius 2 is 2.33 bits per heavy atom. The molecule has 0 saturated carbocycles. The molecule has 1 aromatic carbocycles. The van der Waals surface area contributed by atoms with Crippen LogP contribution < -0.4 is 10.6 Å². The summed E-state index contributed by atoms with van der Waals surface area (Å²) in [4.78, 5) is 6.18. The third-order valence-electron chi connectivity index (χ3n) is 2.05. The van der Waals surface area contributed by atoms with Gasteiger partial charge in [0.25, 0.3) is 0 Å². The molecule has 4 nitrogen and oxygen atoms in total. The van der Waals surface area contributed by atoms with Crippen LogP contribution in [0.1, 0.15) is 5.56 Å². The molecule has 0 radical (unpaired) electrons. The first kappa shape index (κ1) is 9.92. The van der Waals surface area contributed by atoms with Gasteiger partial charge in [0.15, 0.2) is 0 Å². The van der Waals surface area contributed by atoms with E-state index in [9.17, 15) is 0 Å². The summed E-state index contributed by atoms with van der Waals surface area (Å²) in [6, 6.07) is 7.86. The largest absolute Gasteiger partial charge is 0.399 e. The van der Waals surface area contributed by atoms with Crippen molar-refractivity contribution in [3.05, 3.63) is 36.2 Å². The first-order valence-electron chi connectivity index (χ1n) is 4.58. The maximum absolute atomic E-state index is 5.71. The number of benzene rings is 1. The summed E-state index contributed by atoms with van der Waals surface area (Å²) < 4.78 is 3.97. The topological polar surface area (TPSA) is 55.0 Å². The molecule has 1 heterocycles. The van der Waals surface area contributed by atoms with Crippen molar-refractivity contribution in [3.63, 3.8) is 0 Å². The highest BCUT2D eigenvalue weighted by atomic mass is 32.1.